The molecule has 5 rings (SSSR count). The van der Waals surface area contributed by atoms with Crippen molar-refractivity contribution in [3.63, 3.8) is 0 Å². The summed E-state index contributed by atoms with van der Waals surface area (Å²) in [5.74, 6) is 1.49. The minimum Gasteiger partial charge on any atom is -0.489 e. The quantitative estimate of drug-likeness (QED) is 0.390. The van der Waals surface area contributed by atoms with Crippen LogP contribution in [0.1, 0.15) is 48.4 Å². The minimum atomic E-state index is 0.578. The monoisotopic (exact) mass is 382 g/mol. The highest BCUT2D eigenvalue weighted by Gasteiger charge is 2.23. The summed E-state index contributed by atoms with van der Waals surface area (Å²) < 4.78 is 8.26. The average molecular weight is 383 g/mol. The summed E-state index contributed by atoms with van der Waals surface area (Å²) in [4.78, 5) is 0. The maximum Gasteiger partial charge on any atom is 0.121 e. The predicted molar refractivity (Wildman–Crippen MR) is 117 cm³/mol. The molecule has 3 aromatic carbocycles. The van der Waals surface area contributed by atoms with Crippen LogP contribution < -0.4 is 4.74 Å². The summed E-state index contributed by atoms with van der Waals surface area (Å²) in [6.45, 7) is 1.36. The van der Waals surface area contributed by atoms with Gasteiger partial charge in [-0.05, 0) is 36.1 Å². The van der Waals surface area contributed by atoms with E-state index in [0.717, 1.165) is 12.3 Å². The fourth-order valence-corrected chi connectivity index (χ4v) is 4.39. The Hall–Kier alpha value is -3.07. The Balaban J connectivity index is 1.48. The molecule has 1 aromatic heterocycles. The van der Waals surface area contributed by atoms with Crippen LogP contribution in [0.25, 0.3) is 10.9 Å². The molecule has 0 amide bonds. The van der Waals surface area contributed by atoms with Crippen molar-refractivity contribution in [2.45, 2.75) is 44.8 Å². The molecular formula is C26H26N2O. The van der Waals surface area contributed by atoms with E-state index in [0.29, 0.717) is 12.5 Å². The number of aromatic nitrogens is 2. The Morgan fingerprint density at radius 1 is 0.828 bits per heavy atom. The Labute approximate surface area is 171 Å². The molecule has 1 aliphatic carbocycles. The molecule has 1 fully saturated rings. The van der Waals surface area contributed by atoms with Gasteiger partial charge in [-0.3, -0.25) is 4.68 Å². The summed E-state index contributed by atoms with van der Waals surface area (Å²) in [6.07, 6.45) is 5.14. The van der Waals surface area contributed by atoms with Gasteiger partial charge in [-0.1, -0.05) is 73.5 Å². The third kappa shape index (κ3) is 3.91. The summed E-state index contributed by atoms with van der Waals surface area (Å²) in [7, 11) is 0. The van der Waals surface area contributed by atoms with Gasteiger partial charge in [0.05, 0.1) is 17.8 Å². The SMILES string of the molecule is c1ccc(COc2ccc3c(C4CCCC4)nn(Cc4ccccc4)c3c2)cc1. The number of nitrogens with zero attached hydrogens (tertiary/aromatic N) is 2. The first-order valence-corrected chi connectivity index (χ1v) is 10.6. The maximum absolute atomic E-state index is 6.10. The third-order valence-electron chi connectivity index (χ3n) is 5.92. The molecule has 0 spiro atoms. The van der Waals surface area contributed by atoms with Crippen LogP contribution in [0.4, 0.5) is 0 Å². The summed E-state index contributed by atoms with van der Waals surface area (Å²) in [5.41, 5.74) is 4.88. The number of fused-ring (bicyclic) bond motifs is 1. The molecule has 0 saturated heterocycles. The van der Waals surface area contributed by atoms with E-state index in [1.165, 1.54) is 53.4 Å². The van der Waals surface area contributed by atoms with Gasteiger partial charge in [-0.2, -0.15) is 5.10 Å². The Bertz CT molecular complexity index is 1080. The van der Waals surface area contributed by atoms with Crippen LogP contribution in [-0.2, 0) is 13.2 Å². The lowest BCUT2D eigenvalue weighted by molar-refractivity contribution is 0.306. The van der Waals surface area contributed by atoms with Crippen molar-refractivity contribution in [3.8, 4) is 5.75 Å². The van der Waals surface area contributed by atoms with Gasteiger partial charge in [-0.15, -0.1) is 0 Å². The van der Waals surface area contributed by atoms with E-state index in [2.05, 4.69) is 65.3 Å². The van der Waals surface area contributed by atoms with Crippen molar-refractivity contribution in [1.29, 1.82) is 0 Å². The van der Waals surface area contributed by atoms with Crippen LogP contribution in [0.5, 0.6) is 5.75 Å². The van der Waals surface area contributed by atoms with Crippen molar-refractivity contribution >= 4 is 10.9 Å². The molecule has 1 aliphatic rings. The number of rotatable bonds is 6. The van der Waals surface area contributed by atoms with Gasteiger partial charge < -0.3 is 4.74 Å². The lowest BCUT2D eigenvalue weighted by atomic mass is 10.0. The molecule has 29 heavy (non-hydrogen) atoms. The molecule has 1 heterocycles. The van der Waals surface area contributed by atoms with E-state index in [9.17, 15) is 0 Å². The van der Waals surface area contributed by atoms with E-state index < -0.39 is 0 Å². The first-order chi connectivity index (χ1) is 14.4. The van der Waals surface area contributed by atoms with Crippen molar-refractivity contribution in [2.24, 2.45) is 0 Å². The van der Waals surface area contributed by atoms with Gasteiger partial charge in [-0.25, -0.2) is 0 Å². The molecule has 1 saturated carbocycles. The molecule has 0 bridgehead atoms. The molecule has 3 nitrogen and oxygen atoms in total. The fourth-order valence-electron chi connectivity index (χ4n) is 4.39. The van der Waals surface area contributed by atoms with E-state index in [-0.39, 0.29) is 0 Å². The van der Waals surface area contributed by atoms with Crippen molar-refractivity contribution in [1.82, 2.24) is 9.78 Å². The van der Waals surface area contributed by atoms with Crippen molar-refractivity contribution in [3.05, 3.63) is 95.7 Å². The zero-order valence-electron chi connectivity index (χ0n) is 16.6. The molecule has 0 aliphatic heterocycles. The summed E-state index contributed by atoms with van der Waals surface area (Å²) >= 11 is 0. The largest absolute Gasteiger partial charge is 0.489 e. The Morgan fingerprint density at radius 3 is 2.24 bits per heavy atom. The van der Waals surface area contributed by atoms with Gasteiger partial charge >= 0.3 is 0 Å². The molecular weight excluding hydrogens is 356 g/mol. The first kappa shape index (κ1) is 18.0. The van der Waals surface area contributed by atoms with Crippen molar-refractivity contribution in [2.75, 3.05) is 0 Å². The highest BCUT2D eigenvalue weighted by Crippen LogP contribution is 2.38. The second kappa shape index (κ2) is 8.12. The Morgan fingerprint density at radius 2 is 1.52 bits per heavy atom. The minimum absolute atomic E-state index is 0.578. The van der Waals surface area contributed by atoms with E-state index in [1.54, 1.807) is 0 Å². The smallest absolute Gasteiger partial charge is 0.121 e. The molecule has 146 valence electrons. The highest BCUT2D eigenvalue weighted by molar-refractivity contribution is 5.84. The molecule has 0 unspecified atom stereocenters. The van der Waals surface area contributed by atoms with E-state index in [1.807, 2.05) is 18.2 Å². The molecule has 0 atom stereocenters. The molecule has 0 N–H and O–H groups in total. The average Bonchev–Trinajstić information content (AvgIpc) is 3.42. The normalized spacial score (nSPS) is 14.5. The number of benzene rings is 3. The number of ether oxygens (including phenoxy) is 1. The van der Waals surface area contributed by atoms with Gasteiger partial charge in [0.15, 0.2) is 0 Å². The maximum atomic E-state index is 6.10. The lowest BCUT2D eigenvalue weighted by Crippen LogP contribution is -2.03. The fraction of sp³-hybridized carbons (Fsp3) is 0.269. The second-order valence-corrected chi connectivity index (χ2v) is 7.96. The topological polar surface area (TPSA) is 27.1 Å². The van der Waals surface area contributed by atoms with E-state index in [4.69, 9.17) is 9.84 Å². The molecule has 4 aromatic rings. The van der Waals surface area contributed by atoms with E-state index >= 15 is 0 Å². The lowest BCUT2D eigenvalue weighted by Gasteiger charge is -2.08. The zero-order valence-corrected chi connectivity index (χ0v) is 16.6. The third-order valence-corrected chi connectivity index (χ3v) is 5.92. The van der Waals surface area contributed by atoms with Gasteiger partial charge in [0.2, 0.25) is 0 Å². The van der Waals surface area contributed by atoms with Gasteiger partial charge in [0, 0.05) is 17.4 Å². The molecule has 3 heteroatoms. The van der Waals surface area contributed by atoms with Crippen LogP contribution in [0.2, 0.25) is 0 Å². The summed E-state index contributed by atoms with van der Waals surface area (Å²) in [5, 5.41) is 6.36. The van der Waals surface area contributed by atoms with Crippen molar-refractivity contribution < 1.29 is 4.74 Å². The van der Waals surface area contributed by atoms with Crippen LogP contribution in [-0.4, -0.2) is 9.78 Å². The predicted octanol–water partition coefficient (Wildman–Crippen LogP) is 6.32. The van der Waals surface area contributed by atoms with Crippen LogP contribution in [0, 0.1) is 0 Å². The second-order valence-electron chi connectivity index (χ2n) is 7.96. The number of hydrogen-bond acceptors (Lipinski definition) is 2. The number of hydrogen-bond donors (Lipinski definition) is 0. The van der Waals surface area contributed by atoms with Crippen LogP contribution in [0.15, 0.2) is 78.9 Å². The standard InChI is InChI=1S/C26H26N2O/c1-3-9-20(10-4-1)18-28-25-17-23(29-19-21-11-5-2-6-12-21)15-16-24(25)26(27-28)22-13-7-8-14-22/h1-6,9-12,15-17,22H,7-8,13-14,18-19H2. The zero-order chi connectivity index (χ0) is 19.5. The van der Waals surface area contributed by atoms with Crippen LogP contribution >= 0.6 is 0 Å². The summed E-state index contributed by atoms with van der Waals surface area (Å²) in [6, 6.07) is 27.3. The van der Waals surface area contributed by atoms with Crippen LogP contribution in [0.3, 0.4) is 0 Å². The Kier molecular flexibility index (Phi) is 5.04. The van der Waals surface area contributed by atoms with Gasteiger partial charge in [0.25, 0.3) is 0 Å². The highest BCUT2D eigenvalue weighted by atomic mass is 16.5. The van der Waals surface area contributed by atoms with Gasteiger partial charge in [0.1, 0.15) is 12.4 Å². The molecule has 0 radical (unpaired) electrons. The first-order valence-electron chi connectivity index (χ1n) is 10.6.